The topological polar surface area (TPSA) is 41.5 Å². The Kier molecular flexibility index (Phi) is 5.63. The Balaban J connectivity index is 2.77. The predicted octanol–water partition coefficient (Wildman–Crippen LogP) is 2.81. The minimum absolute atomic E-state index is 0.0349. The number of ether oxygens (including phenoxy) is 1. The summed E-state index contributed by atoms with van der Waals surface area (Å²) in [5.41, 5.74) is 1.97. The van der Waals surface area contributed by atoms with E-state index >= 15 is 0 Å². The zero-order chi connectivity index (χ0) is 13.7. The molecule has 102 valence electrons. The lowest BCUT2D eigenvalue weighted by Gasteiger charge is -2.24. The van der Waals surface area contributed by atoms with E-state index in [0.717, 1.165) is 23.3 Å². The Hall–Kier alpha value is -1.06. The third kappa shape index (κ3) is 3.72. The summed E-state index contributed by atoms with van der Waals surface area (Å²) in [7, 11) is 1.66. The number of hydrogen-bond donors (Lipinski definition) is 2. The maximum atomic E-state index is 10.3. The van der Waals surface area contributed by atoms with Gasteiger partial charge in [0.05, 0.1) is 13.2 Å². The number of nitrogens with one attached hydrogen (secondary N) is 1. The van der Waals surface area contributed by atoms with Gasteiger partial charge in [0.15, 0.2) is 0 Å². The molecule has 3 unspecified atom stereocenters. The predicted molar refractivity (Wildman–Crippen MR) is 75.0 cm³/mol. The van der Waals surface area contributed by atoms with Crippen molar-refractivity contribution < 1.29 is 9.84 Å². The number of rotatable bonds is 6. The largest absolute Gasteiger partial charge is 0.496 e. The van der Waals surface area contributed by atoms with E-state index in [1.54, 1.807) is 7.11 Å². The molecule has 3 heteroatoms. The number of hydrogen-bond acceptors (Lipinski definition) is 3. The van der Waals surface area contributed by atoms with E-state index < -0.39 is 6.10 Å². The summed E-state index contributed by atoms with van der Waals surface area (Å²) >= 11 is 0. The summed E-state index contributed by atoms with van der Waals surface area (Å²) in [4.78, 5) is 0. The van der Waals surface area contributed by atoms with Crippen LogP contribution in [-0.2, 0) is 0 Å². The van der Waals surface area contributed by atoms with Gasteiger partial charge in [0, 0.05) is 12.1 Å². The molecule has 0 radical (unpaired) electrons. The van der Waals surface area contributed by atoms with E-state index in [1.807, 2.05) is 32.0 Å². The Morgan fingerprint density at radius 2 is 2.00 bits per heavy atom. The highest BCUT2D eigenvalue weighted by molar-refractivity contribution is 5.37. The molecule has 0 aliphatic carbocycles. The molecule has 3 atom stereocenters. The normalized spacial score (nSPS) is 16.1. The molecule has 0 spiro atoms. The first-order valence-corrected chi connectivity index (χ1v) is 6.58. The van der Waals surface area contributed by atoms with Crippen LogP contribution in [0.4, 0.5) is 0 Å². The van der Waals surface area contributed by atoms with E-state index in [1.165, 1.54) is 0 Å². The second kappa shape index (κ2) is 6.76. The number of aliphatic hydroxyl groups is 1. The first kappa shape index (κ1) is 15.0. The molecular formula is C15H25NO2. The van der Waals surface area contributed by atoms with Crippen LogP contribution in [0, 0.1) is 6.92 Å². The Morgan fingerprint density at radius 1 is 1.33 bits per heavy atom. The smallest absolute Gasteiger partial charge is 0.121 e. The first-order valence-electron chi connectivity index (χ1n) is 6.58. The molecule has 2 N–H and O–H groups in total. The summed E-state index contributed by atoms with van der Waals surface area (Å²) in [5, 5.41) is 13.7. The fourth-order valence-electron chi connectivity index (χ4n) is 2.03. The molecule has 0 heterocycles. The second-order valence-corrected chi connectivity index (χ2v) is 4.94. The van der Waals surface area contributed by atoms with Crippen molar-refractivity contribution in [2.24, 2.45) is 0 Å². The highest BCUT2D eigenvalue weighted by Crippen LogP contribution is 2.24. The molecular weight excluding hydrogens is 226 g/mol. The van der Waals surface area contributed by atoms with Gasteiger partial charge >= 0.3 is 0 Å². The van der Waals surface area contributed by atoms with Crippen molar-refractivity contribution in [2.45, 2.75) is 52.3 Å². The molecule has 0 bridgehead atoms. The van der Waals surface area contributed by atoms with Crippen molar-refractivity contribution in [3.05, 3.63) is 29.3 Å². The molecule has 3 nitrogen and oxygen atoms in total. The quantitative estimate of drug-likeness (QED) is 0.817. The maximum Gasteiger partial charge on any atom is 0.121 e. The molecule has 0 aliphatic rings. The monoisotopic (exact) mass is 251 g/mol. The zero-order valence-corrected chi connectivity index (χ0v) is 12.0. The van der Waals surface area contributed by atoms with Crippen LogP contribution in [0.2, 0.25) is 0 Å². The summed E-state index contributed by atoms with van der Waals surface area (Å²) in [6, 6.07) is 6.26. The lowest BCUT2D eigenvalue weighted by Crippen LogP contribution is -2.38. The minimum atomic E-state index is -0.497. The molecule has 1 rings (SSSR count). The number of methoxy groups -OCH3 is 1. The van der Waals surface area contributed by atoms with Crippen LogP contribution in [0.25, 0.3) is 0 Å². The average molecular weight is 251 g/mol. The standard InChI is InChI=1S/C15H25NO2/c1-6-11(3)16-12(4)15(17)13-7-8-14(18-5)10(2)9-13/h7-9,11-12,15-17H,6H2,1-5H3. The van der Waals surface area contributed by atoms with Gasteiger partial charge < -0.3 is 15.2 Å². The molecule has 1 aromatic rings. The van der Waals surface area contributed by atoms with Crippen LogP contribution in [0.5, 0.6) is 5.75 Å². The van der Waals surface area contributed by atoms with Gasteiger partial charge in [0.1, 0.15) is 5.75 Å². The fourth-order valence-corrected chi connectivity index (χ4v) is 2.03. The summed E-state index contributed by atoms with van der Waals surface area (Å²) in [5.74, 6) is 0.855. The summed E-state index contributed by atoms with van der Waals surface area (Å²) < 4.78 is 5.22. The molecule has 0 fully saturated rings. The highest BCUT2D eigenvalue weighted by atomic mass is 16.5. The van der Waals surface area contributed by atoms with Gasteiger partial charge in [-0.3, -0.25) is 0 Å². The van der Waals surface area contributed by atoms with Crippen molar-refractivity contribution in [2.75, 3.05) is 7.11 Å². The van der Waals surface area contributed by atoms with Gasteiger partial charge in [-0.1, -0.05) is 13.0 Å². The minimum Gasteiger partial charge on any atom is -0.496 e. The third-order valence-electron chi connectivity index (χ3n) is 3.39. The van der Waals surface area contributed by atoms with Crippen LogP contribution in [0.1, 0.15) is 44.4 Å². The highest BCUT2D eigenvalue weighted by Gasteiger charge is 2.18. The van der Waals surface area contributed by atoms with Crippen molar-refractivity contribution in [3.63, 3.8) is 0 Å². The summed E-state index contributed by atoms with van der Waals surface area (Å²) in [6.07, 6.45) is 0.558. The van der Waals surface area contributed by atoms with E-state index in [2.05, 4.69) is 19.2 Å². The van der Waals surface area contributed by atoms with E-state index in [9.17, 15) is 5.11 Å². The molecule has 0 aromatic heterocycles. The molecule has 0 amide bonds. The number of aliphatic hydroxyl groups excluding tert-OH is 1. The van der Waals surface area contributed by atoms with E-state index in [-0.39, 0.29) is 6.04 Å². The Bertz CT molecular complexity index is 379. The Labute approximate surface area is 110 Å². The molecule has 18 heavy (non-hydrogen) atoms. The Morgan fingerprint density at radius 3 is 2.50 bits per heavy atom. The van der Waals surface area contributed by atoms with Crippen molar-refractivity contribution in [1.82, 2.24) is 5.32 Å². The lowest BCUT2D eigenvalue weighted by molar-refractivity contribution is 0.130. The summed E-state index contributed by atoms with van der Waals surface area (Å²) in [6.45, 7) is 8.26. The first-order chi connectivity index (χ1) is 8.49. The molecule has 0 saturated heterocycles. The van der Waals surface area contributed by atoms with Crippen LogP contribution in [0.15, 0.2) is 18.2 Å². The van der Waals surface area contributed by atoms with Crippen molar-refractivity contribution >= 4 is 0 Å². The van der Waals surface area contributed by atoms with Crippen LogP contribution < -0.4 is 10.1 Å². The SMILES string of the molecule is CCC(C)NC(C)C(O)c1ccc(OC)c(C)c1. The lowest BCUT2D eigenvalue weighted by atomic mass is 10.0. The number of benzene rings is 1. The van der Waals surface area contributed by atoms with Gasteiger partial charge in [-0.15, -0.1) is 0 Å². The van der Waals surface area contributed by atoms with Crippen LogP contribution in [-0.4, -0.2) is 24.3 Å². The third-order valence-corrected chi connectivity index (χ3v) is 3.39. The fraction of sp³-hybridized carbons (Fsp3) is 0.600. The second-order valence-electron chi connectivity index (χ2n) is 4.94. The zero-order valence-electron chi connectivity index (χ0n) is 12.0. The molecule has 1 aromatic carbocycles. The van der Waals surface area contributed by atoms with E-state index in [4.69, 9.17) is 4.74 Å². The van der Waals surface area contributed by atoms with Gasteiger partial charge in [0.25, 0.3) is 0 Å². The van der Waals surface area contributed by atoms with Gasteiger partial charge in [-0.25, -0.2) is 0 Å². The van der Waals surface area contributed by atoms with Crippen LogP contribution in [0.3, 0.4) is 0 Å². The van der Waals surface area contributed by atoms with Crippen molar-refractivity contribution in [1.29, 1.82) is 0 Å². The van der Waals surface area contributed by atoms with Crippen LogP contribution >= 0.6 is 0 Å². The molecule has 0 aliphatic heterocycles. The van der Waals surface area contributed by atoms with E-state index in [0.29, 0.717) is 6.04 Å². The van der Waals surface area contributed by atoms with Gasteiger partial charge in [0.2, 0.25) is 0 Å². The van der Waals surface area contributed by atoms with Crippen molar-refractivity contribution in [3.8, 4) is 5.75 Å². The average Bonchev–Trinajstić information content (AvgIpc) is 2.37. The van der Waals surface area contributed by atoms with Gasteiger partial charge in [-0.2, -0.15) is 0 Å². The maximum absolute atomic E-state index is 10.3. The van der Waals surface area contributed by atoms with Gasteiger partial charge in [-0.05, 0) is 50.5 Å². The molecule has 0 saturated carbocycles. The number of aryl methyl sites for hydroxylation is 1.